The van der Waals surface area contributed by atoms with Crippen LogP contribution in [-0.2, 0) is 16.1 Å². The van der Waals surface area contributed by atoms with Gasteiger partial charge in [-0.3, -0.25) is 4.79 Å². The van der Waals surface area contributed by atoms with Crippen LogP contribution in [-0.4, -0.2) is 57.8 Å². The molecule has 2 aromatic rings. The standard InChI is InChI=1S/C19H24ClN5O2/c1-14-21-23-25(22-14)12-17-11-18(20)5-3-16(17)4-6-19(26)24-9-7-15(8-10-24)13-27-2/h3-6,11,15H,7-10,12-13H2,1-2H3. The lowest BCUT2D eigenvalue weighted by molar-refractivity contribution is -0.127. The highest BCUT2D eigenvalue weighted by Gasteiger charge is 2.21. The van der Waals surface area contributed by atoms with Crippen molar-refractivity contribution in [3.8, 4) is 0 Å². The molecular formula is C19H24ClN5O2. The second kappa shape index (κ2) is 9.10. The number of amides is 1. The van der Waals surface area contributed by atoms with Crippen molar-refractivity contribution in [3.63, 3.8) is 0 Å². The van der Waals surface area contributed by atoms with Gasteiger partial charge in [0.25, 0.3) is 0 Å². The summed E-state index contributed by atoms with van der Waals surface area (Å²) in [6.07, 6.45) is 5.43. The number of aryl methyl sites for hydroxylation is 1. The Kier molecular flexibility index (Phi) is 6.58. The average Bonchev–Trinajstić information content (AvgIpc) is 3.06. The molecule has 0 saturated carbocycles. The predicted octanol–water partition coefficient (Wildman–Crippen LogP) is 2.58. The molecule has 2 heterocycles. The summed E-state index contributed by atoms with van der Waals surface area (Å²) in [6.45, 7) is 4.54. The molecule has 1 amide bonds. The molecule has 8 heteroatoms. The van der Waals surface area contributed by atoms with Gasteiger partial charge in [-0.05, 0) is 60.2 Å². The van der Waals surface area contributed by atoms with Gasteiger partial charge >= 0.3 is 0 Å². The zero-order valence-electron chi connectivity index (χ0n) is 15.6. The SMILES string of the molecule is COCC1CCN(C(=O)C=Cc2ccc(Cl)cc2Cn2nnc(C)n2)CC1. The van der Waals surface area contributed by atoms with E-state index in [4.69, 9.17) is 16.3 Å². The molecule has 1 aliphatic rings. The van der Waals surface area contributed by atoms with E-state index in [-0.39, 0.29) is 5.91 Å². The number of aromatic nitrogens is 4. The van der Waals surface area contributed by atoms with E-state index in [2.05, 4.69) is 15.4 Å². The second-order valence-electron chi connectivity index (χ2n) is 6.77. The number of nitrogens with zero attached hydrogens (tertiary/aromatic N) is 5. The second-order valence-corrected chi connectivity index (χ2v) is 7.20. The summed E-state index contributed by atoms with van der Waals surface area (Å²) < 4.78 is 5.21. The van der Waals surface area contributed by atoms with Crippen molar-refractivity contribution in [1.82, 2.24) is 25.1 Å². The van der Waals surface area contributed by atoms with E-state index < -0.39 is 0 Å². The topological polar surface area (TPSA) is 73.1 Å². The van der Waals surface area contributed by atoms with Crippen LogP contribution in [0.4, 0.5) is 0 Å². The molecule has 0 unspecified atom stereocenters. The van der Waals surface area contributed by atoms with Gasteiger partial charge in [-0.1, -0.05) is 17.7 Å². The summed E-state index contributed by atoms with van der Waals surface area (Å²) in [5, 5.41) is 12.7. The molecule has 7 nitrogen and oxygen atoms in total. The fraction of sp³-hybridized carbons (Fsp3) is 0.474. The molecule has 1 fully saturated rings. The lowest BCUT2D eigenvalue weighted by Crippen LogP contribution is -2.38. The lowest BCUT2D eigenvalue weighted by atomic mass is 9.98. The van der Waals surface area contributed by atoms with Crippen LogP contribution in [0.2, 0.25) is 5.02 Å². The number of hydrogen-bond acceptors (Lipinski definition) is 5. The fourth-order valence-corrected chi connectivity index (χ4v) is 3.43. The molecule has 1 aliphatic heterocycles. The van der Waals surface area contributed by atoms with Crippen LogP contribution in [0.3, 0.4) is 0 Å². The van der Waals surface area contributed by atoms with E-state index in [1.165, 1.54) is 4.80 Å². The minimum absolute atomic E-state index is 0.0292. The first kappa shape index (κ1) is 19.5. The summed E-state index contributed by atoms with van der Waals surface area (Å²) in [7, 11) is 1.72. The molecule has 27 heavy (non-hydrogen) atoms. The molecule has 0 bridgehead atoms. The van der Waals surface area contributed by atoms with Crippen LogP contribution in [0.15, 0.2) is 24.3 Å². The van der Waals surface area contributed by atoms with Crippen molar-refractivity contribution < 1.29 is 9.53 Å². The van der Waals surface area contributed by atoms with E-state index in [0.29, 0.717) is 23.3 Å². The molecule has 144 valence electrons. The maximum atomic E-state index is 12.5. The summed E-state index contributed by atoms with van der Waals surface area (Å²) in [4.78, 5) is 15.9. The molecular weight excluding hydrogens is 366 g/mol. The Labute approximate surface area is 163 Å². The first-order valence-corrected chi connectivity index (χ1v) is 9.41. The Balaban J connectivity index is 1.67. The molecule has 1 saturated heterocycles. The Bertz CT molecular complexity index is 812. The molecule has 0 N–H and O–H groups in total. The number of carbonyl (C=O) groups excluding carboxylic acids is 1. The van der Waals surface area contributed by atoms with Gasteiger partial charge in [0.05, 0.1) is 6.54 Å². The van der Waals surface area contributed by atoms with E-state index in [1.807, 2.05) is 29.2 Å². The van der Waals surface area contributed by atoms with Crippen molar-refractivity contribution in [2.75, 3.05) is 26.8 Å². The van der Waals surface area contributed by atoms with Crippen LogP contribution in [0.25, 0.3) is 6.08 Å². The van der Waals surface area contributed by atoms with Crippen LogP contribution in [0.5, 0.6) is 0 Å². The highest BCUT2D eigenvalue weighted by Crippen LogP contribution is 2.20. The minimum atomic E-state index is 0.0292. The Morgan fingerprint density at radius 1 is 1.37 bits per heavy atom. The third-order valence-corrected chi connectivity index (χ3v) is 4.94. The van der Waals surface area contributed by atoms with Gasteiger partial charge in [-0.15, -0.1) is 10.2 Å². The van der Waals surface area contributed by atoms with Crippen molar-refractivity contribution in [3.05, 3.63) is 46.2 Å². The molecule has 0 spiro atoms. The van der Waals surface area contributed by atoms with Gasteiger partial charge in [0, 0.05) is 37.9 Å². The summed E-state index contributed by atoms with van der Waals surface area (Å²) >= 11 is 6.14. The highest BCUT2D eigenvalue weighted by molar-refractivity contribution is 6.30. The van der Waals surface area contributed by atoms with E-state index >= 15 is 0 Å². The predicted molar refractivity (Wildman–Crippen MR) is 103 cm³/mol. The maximum absolute atomic E-state index is 12.5. The van der Waals surface area contributed by atoms with Gasteiger partial charge in [0.2, 0.25) is 5.91 Å². The third kappa shape index (κ3) is 5.37. The molecule has 0 atom stereocenters. The fourth-order valence-electron chi connectivity index (χ4n) is 3.24. The smallest absolute Gasteiger partial charge is 0.246 e. The van der Waals surface area contributed by atoms with Gasteiger partial charge in [0.1, 0.15) is 0 Å². The minimum Gasteiger partial charge on any atom is -0.384 e. The van der Waals surface area contributed by atoms with Crippen molar-refractivity contribution >= 4 is 23.6 Å². The third-order valence-electron chi connectivity index (χ3n) is 4.70. The van der Waals surface area contributed by atoms with Crippen molar-refractivity contribution in [1.29, 1.82) is 0 Å². The van der Waals surface area contributed by atoms with Crippen molar-refractivity contribution in [2.24, 2.45) is 5.92 Å². The Hall–Kier alpha value is -2.25. The van der Waals surface area contributed by atoms with Crippen molar-refractivity contribution in [2.45, 2.75) is 26.3 Å². The largest absolute Gasteiger partial charge is 0.384 e. The maximum Gasteiger partial charge on any atom is 0.246 e. The Morgan fingerprint density at radius 2 is 2.15 bits per heavy atom. The number of hydrogen-bond donors (Lipinski definition) is 0. The quantitative estimate of drug-likeness (QED) is 0.710. The first-order chi connectivity index (χ1) is 13.0. The zero-order valence-corrected chi connectivity index (χ0v) is 16.4. The number of ether oxygens (including phenoxy) is 1. The molecule has 0 aliphatic carbocycles. The molecule has 1 aromatic carbocycles. The summed E-state index contributed by atoms with van der Waals surface area (Å²) in [6, 6.07) is 5.57. The van der Waals surface area contributed by atoms with Crippen LogP contribution in [0.1, 0.15) is 29.8 Å². The molecule has 3 rings (SSSR count). The normalized spacial score (nSPS) is 15.6. The number of tetrazole rings is 1. The number of benzene rings is 1. The number of methoxy groups -OCH3 is 1. The van der Waals surface area contributed by atoms with Gasteiger partial charge < -0.3 is 9.64 Å². The lowest BCUT2D eigenvalue weighted by Gasteiger charge is -2.30. The van der Waals surface area contributed by atoms with Crippen LogP contribution >= 0.6 is 11.6 Å². The molecule has 0 radical (unpaired) electrons. The van der Waals surface area contributed by atoms with Crippen LogP contribution < -0.4 is 0 Å². The van der Waals surface area contributed by atoms with Gasteiger partial charge in [-0.25, -0.2) is 0 Å². The number of rotatable bonds is 6. The van der Waals surface area contributed by atoms with Gasteiger partial charge in [-0.2, -0.15) is 4.80 Å². The number of halogens is 1. The van der Waals surface area contributed by atoms with Crippen LogP contribution in [0, 0.1) is 12.8 Å². The molecule has 1 aromatic heterocycles. The zero-order chi connectivity index (χ0) is 19.2. The highest BCUT2D eigenvalue weighted by atomic mass is 35.5. The number of carbonyl (C=O) groups is 1. The summed E-state index contributed by atoms with van der Waals surface area (Å²) in [5.41, 5.74) is 1.85. The summed E-state index contributed by atoms with van der Waals surface area (Å²) in [5.74, 6) is 1.19. The van der Waals surface area contributed by atoms with E-state index in [1.54, 1.807) is 20.1 Å². The average molecular weight is 390 g/mol. The first-order valence-electron chi connectivity index (χ1n) is 9.04. The number of likely N-dealkylation sites (tertiary alicyclic amines) is 1. The van der Waals surface area contributed by atoms with E-state index in [0.717, 1.165) is 43.7 Å². The van der Waals surface area contributed by atoms with Gasteiger partial charge in [0.15, 0.2) is 5.82 Å². The Morgan fingerprint density at radius 3 is 2.81 bits per heavy atom. The number of piperidine rings is 1. The monoisotopic (exact) mass is 389 g/mol. The van der Waals surface area contributed by atoms with E-state index in [9.17, 15) is 4.79 Å².